The van der Waals surface area contributed by atoms with E-state index in [9.17, 15) is 4.79 Å². The lowest BCUT2D eigenvalue weighted by molar-refractivity contribution is -0.386. The minimum Gasteiger partial charge on any atom is -0.466 e. The van der Waals surface area contributed by atoms with E-state index in [1.807, 2.05) is 20.8 Å². The zero-order valence-corrected chi connectivity index (χ0v) is 12.8. The third-order valence-corrected chi connectivity index (χ3v) is 2.30. The number of carbonyl (C=O) groups is 1. The number of esters is 1. The van der Waals surface area contributed by atoms with Crippen LogP contribution in [0.3, 0.4) is 0 Å². The van der Waals surface area contributed by atoms with Crippen LogP contribution in [0.2, 0.25) is 0 Å². The van der Waals surface area contributed by atoms with E-state index >= 15 is 0 Å². The fourth-order valence-corrected chi connectivity index (χ4v) is 1.31. The van der Waals surface area contributed by atoms with Crippen LogP contribution < -0.4 is 0 Å². The Balaban J connectivity index is 4.30. The summed E-state index contributed by atoms with van der Waals surface area (Å²) in [6, 6.07) is 0. The van der Waals surface area contributed by atoms with E-state index in [2.05, 4.69) is 20.8 Å². The predicted molar refractivity (Wildman–Crippen MR) is 71.0 cm³/mol. The van der Waals surface area contributed by atoms with Gasteiger partial charge >= 0.3 is 5.97 Å². The van der Waals surface area contributed by atoms with Gasteiger partial charge in [0.25, 0.3) is 0 Å². The topological polar surface area (TPSA) is 44.8 Å². The fraction of sp³-hybridized carbons (Fsp3) is 0.929. The van der Waals surface area contributed by atoms with Gasteiger partial charge in [-0.1, -0.05) is 20.8 Å². The largest absolute Gasteiger partial charge is 0.466 e. The maximum Gasteiger partial charge on any atom is 0.305 e. The quantitative estimate of drug-likeness (QED) is 0.416. The summed E-state index contributed by atoms with van der Waals surface area (Å²) in [7, 11) is 0. The molecule has 0 aliphatic carbocycles. The Morgan fingerprint density at radius 1 is 1.11 bits per heavy atom. The van der Waals surface area contributed by atoms with Gasteiger partial charge in [-0.05, 0) is 39.5 Å². The molecule has 1 unspecified atom stereocenters. The Morgan fingerprint density at radius 3 is 2.06 bits per heavy atom. The first-order valence-electron chi connectivity index (χ1n) is 6.56. The van der Waals surface area contributed by atoms with Crippen molar-refractivity contribution in [2.75, 3.05) is 6.61 Å². The molecule has 1 atom stereocenters. The van der Waals surface area contributed by atoms with Gasteiger partial charge in [-0.3, -0.25) is 4.79 Å². The van der Waals surface area contributed by atoms with Crippen molar-refractivity contribution < 1.29 is 19.3 Å². The number of hydrogen-bond acceptors (Lipinski definition) is 4. The zero-order chi connectivity index (χ0) is 14.4. The first-order chi connectivity index (χ1) is 8.06. The first kappa shape index (κ1) is 17.4. The van der Waals surface area contributed by atoms with Gasteiger partial charge in [0.05, 0.1) is 18.3 Å². The molecule has 0 spiro atoms. The molecule has 0 aliphatic heterocycles. The van der Waals surface area contributed by atoms with Crippen LogP contribution in [-0.2, 0) is 19.3 Å². The third kappa shape index (κ3) is 8.48. The standard InChI is InChI=1S/C14H28O4/c1-8-16-12(15)10-9-11(13(2,3)4)17-18-14(5,6)7/h11H,8-10H2,1-7H3. The van der Waals surface area contributed by atoms with Crippen molar-refractivity contribution in [2.24, 2.45) is 5.41 Å². The zero-order valence-electron chi connectivity index (χ0n) is 12.8. The van der Waals surface area contributed by atoms with Gasteiger partial charge in [0, 0.05) is 6.42 Å². The fourth-order valence-electron chi connectivity index (χ4n) is 1.31. The van der Waals surface area contributed by atoms with E-state index in [0.717, 1.165) is 0 Å². The summed E-state index contributed by atoms with van der Waals surface area (Å²) in [5, 5.41) is 0. The summed E-state index contributed by atoms with van der Waals surface area (Å²) < 4.78 is 4.92. The number of ether oxygens (including phenoxy) is 1. The number of carbonyl (C=O) groups excluding carboxylic acids is 1. The van der Waals surface area contributed by atoms with Crippen molar-refractivity contribution in [3.8, 4) is 0 Å². The van der Waals surface area contributed by atoms with Gasteiger partial charge < -0.3 is 4.74 Å². The molecule has 0 rings (SSSR count). The van der Waals surface area contributed by atoms with Crippen LogP contribution in [0.4, 0.5) is 0 Å². The van der Waals surface area contributed by atoms with Crippen molar-refractivity contribution in [3.05, 3.63) is 0 Å². The molecule has 0 fully saturated rings. The van der Waals surface area contributed by atoms with Gasteiger partial charge in [-0.2, -0.15) is 0 Å². The molecule has 4 heteroatoms. The van der Waals surface area contributed by atoms with Gasteiger partial charge in [0.1, 0.15) is 0 Å². The van der Waals surface area contributed by atoms with Crippen LogP contribution in [0.15, 0.2) is 0 Å². The van der Waals surface area contributed by atoms with Gasteiger partial charge in [0.2, 0.25) is 0 Å². The smallest absolute Gasteiger partial charge is 0.305 e. The lowest BCUT2D eigenvalue weighted by Crippen LogP contribution is -2.33. The molecule has 18 heavy (non-hydrogen) atoms. The highest BCUT2D eigenvalue weighted by atomic mass is 17.2. The van der Waals surface area contributed by atoms with Gasteiger partial charge in [0.15, 0.2) is 0 Å². The molecular formula is C14H28O4. The highest BCUT2D eigenvalue weighted by molar-refractivity contribution is 5.69. The van der Waals surface area contributed by atoms with Crippen molar-refractivity contribution in [3.63, 3.8) is 0 Å². The molecule has 0 saturated heterocycles. The lowest BCUT2D eigenvalue weighted by Gasteiger charge is -2.31. The molecule has 0 aromatic rings. The lowest BCUT2D eigenvalue weighted by atomic mass is 9.86. The molecule has 0 aliphatic rings. The van der Waals surface area contributed by atoms with Crippen molar-refractivity contribution in [1.82, 2.24) is 0 Å². The second-order valence-electron chi connectivity index (χ2n) is 6.49. The van der Waals surface area contributed by atoms with Crippen LogP contribution in [0.25, 0.3) is 0 Å². The van der Waals surface area contributed by atoms with Crippen LogP contribution in [-0.4, -0.2) is 24.3 Å². The Hall–Kier alpha value is -0.610. The Morgan fingerprint density at radius 2 is 1.67 bits per heavy atom. The summed E-state index contributed by atoms with van der Waals surface area (Å²) >= 11 is 0. The Labute approximate surface area is 111 Å². The summed E-state index contributed by atoms with van der Waals surface area (Å²) in [6.45, 7) is 14.2. The normalized spacial score (nSPS) is 14.4. The van der Waals surface area contributed by atoms with Crippen LogP contribution in [0.1, 0.15) is 61.3 Å². The molecule has 0 saturated carbocycles. The van der Waals surface area contributed by atoms with E-state index in [0.29, 0.717) is 19.4 Å². The minimum atomic E-state index is -0.354. The SMILES string of the molecule is CCOC(=O)CCC(OOC(C)(C)C)C(C)(C)C. The van der Waals surface area contributed by atoms with E-state index in [4.69, 9.17) is 14.5 Å². The predicted octanol–water partition coefficient (Wildman–Crippen LogP) is 3.49. The van der Waals surface area contributed by atoms with E-state index in [1.54, 1.807) is 6.92 Å². The average Bonchev–Trinajstić information content (AvgIpc) is 2.14. The van der Waals surface area contributed by atoms with Gasteiger partial charge in [-0.15, -0.1) is 0 Å². The van der Waals surface area contributed by atoms with Crippen LogP contribution >= 0.6 is 0 Å². The van der Waals surface area contributed by atoms with E-state index in [-0.39, 0.29) is 23.1 Å². The number of rotatable bonds is 6. The van der Waals surface area contributed by atoms with E-state index < -0.39 is 0 Å². The molecule has 4 nitrogen and oxygen atoms in total. The molecule has 108 valence electrons. The van der Waals surface area contributed by atoms with Crippen molar-refractivity contribution in [2.45, 2.75) is 73.0 Å². The summed E-state index contributed by atoms with van der Waals surface area (Å²) in [5.41, 5.74) is -0.439. The summed E-state index contributed by atoms with van der Waals surface area (Å²) in [4.78, 5) is 22.2. The minimum absolute atomic E-state index is 0.0856. The molecule has 0 aromatic carbocycles. The molecule has 0 aromatic heterocycles. The number of hydrogen-bond donors (Lipinski definition) is 0. The first-order valence-corrected chi connectivity index (χ1v) is 6.56. The Bertz CT molecular complexity index is 248. The molecule has 0 N–H and O–H groups in total. The molecular weight excluding hydrogens is 232 g/mol. The van der Waals surface area contributed by atoms with Crippen LogP contribution in [0.5, 0.6) is 0 Å². The van der Waals surface area contributed by atoms with E-state index in [1.165, 1.54) is 0 Å². The van der Waals surface area contributed by atoms with Gasteiger partial charge in [-0.25, -0.2) is 9.78 Å². The third-order valence-electron chi connectivity index (χ3n) is 2.30. The average molecular weight is 260 g/mol. The second kappa shape index (κ2) is 7.10. The summed E-state index contributed by atoms with van der Waals surface area (Å²) in [5.74, 6) is -0.189. The summed E-state index contributed by atoms with van der Waals surface area (Å²) in [6.07, 6.45) is 0.808. The highest BCUT2D eigenvalue weighted by Crippen LogP contribution is 2.27. The monoisotopic (exact) mass is 260 g/mol. The van der Waals surface area contributed by atoms with Crippen molar-refractivity contribution in [1.29, 1.82) is 0 Å². The van der Waals surface area contributed by atoms with Crippen molar-refractivity contribution >= 4 is 5.97 Å². The maximum atomic E-state index is 11.4. The molecule has 0 heterocycles. The molecule has 0 bridgehead atoms. The van der Waals surface area contributed by atoms with Crippen LogP contribution in [0, 0.1) is 5.41 Å². The Kier molecular flexibility index (Phi) is 6.86. The maximum absolute atomic E-state index is 11.4. The molecule has 0 amide bonds. The highest BCUT2D eigenvalue weighted by Gasteiger charge is 2.29. The second-order valence-corrected chi connectivity index (χ2v) is 6.49. The molecule has 0 radical (unpaired) electrons.